The Balaban J connectivity index is 1.37. The number of halogens is 1. The van der Waals surface area contributed by atoms with Gasteiger partial charge in [-0.05, 0) is 72.8 Å². The summed E-state index contributed by atoms with van der Waals surface area (Å²) in [6.07, 6.45) is 7.24. The number of anilines is 1. The van der Waals surface area contributed by atoms with Gasteiger partial charge >= 0.3 is 6.03 Å². The molecule has 2 aliphatic rings. The van der Waals surface area contributed by atoms with Gasteiger partial charge in [0.1, 0.15) is 12.3 Å². The van der Waals surface area contributed by atoms with Crippen LogP contribution in [0.15, 0.2) is 59.0 Å². The van der Waals surface area contributed by atoms with Gasteiger partial charge in [0.05, 0.1) is 11.4 Å². The Morgan fingerprint density at radius 1 is 1.03 bits per heavy atom. The molecule has 1 saturated carbocycles. The molecular weight excluding hydrogens is 510 g/mol. The van der Waals surface area contributed by atoms with Gasteiger partial charge in [-0.15, -0.1) is 0 Å². The van der Waals surface area contributed by atoms with E-state index >= 15 is 0 Å². The molecule has 37 heavy (non-hydrogen) atoms. The number of amidine groups is 1. The number of nitrogens with zero attached hydrogens (tertiary/aromatic N) is 2. The minimum Gasteiger partial charge on any atom is -0.591 e. The maximum absolute atomic E-state index is 13.4. The molecule has 198 valence electrons. The van der Waals surface area contributed by atoms with Crippen LogP contribution in [0.2, 0.25) is 5.02 Å². The Morgan fingerprint density at radius 3 is 2.30 bits per heavy atom. The number of carbonyl (C=O) groups is 2. The molecule has 2 unspecified atom stereocenters. The predicted molar refractivity (Wildman–Crippen MR) is 149 cm³/mol. The van der Waals surface area contributed by atoms with Gasteiger partial charge in [-0.1, -0.05) is 41.9 Å². The number of benzene rings is 2. The smallest absolute Gasteiger partial charge is 0.320 e. The van der Waals surface area contributed by atoms with Gasteiger partial charge in [0.25, 0.3) is 0 Å². The summed E-state index contributed by atoms with van der Waals surface area (Å²) in [5, 5.41) is 9.30. The Hall–Kier alpha value is -2.75. The molecule has 1 aliphatic carbocycles. The molecule has 2 fully saturated rings. The van der Waals surface area contributed by atoms with E-state index in [1.54, 1.807) is 30.5 Å². The highest BCUT2D eigenvalue weighted by molar-refractivity contribution is 7.89. The molecule has 8 nitrogen and oxygen atoms in total. The fraction of sp³-hybridized carbons (Fsp3) is 0.444. The molecule has 2 aromatic rings. The summed E-state index contributed by atoms with van der Waals surface area (Å²) in [4.78, 5) is 28.4. The lowest BCUT2D eigenvalue weighted by Crippen LogP contribution is -2.47. The summed E-state index contributed by atoms with van der Waals surface area (Å²) in [5.41, 5.74) is 1.28. The third-order valence-corrected chi connectivity index (χ3v) is 7.56. The van der Waals surface area contributed by atoms with E-state index < -0.39 is 23.4 Å². The molecular formula is C27H34ClN5O3S. The SMILES string of the molecule is C[S+]([O-])N=C(C1CCC(NC(=O)C(NC(=O)Nc2ccc(Cl)cc2)c2ccccc2)CC1)N1CCCC1. The number of hydrogen-bond acceptors (Lipinski definition) is 4. The number of nitrogens with one attached hydrogen (secondary N) is 3. The third-order valence-electron chi connectivity index (χ3n) is 6.86. The Bertz CT molecular complexity index is 1070. The predicted octanol–water partition coefficient (Wildman–Crippen LogP) is 4.67. The van der Waals surface area contributed by atoms with Crippen LogP contribution in [0.25, 0.3) is 0 Å². The van der Waals surface area contributed by atoms with Gasteiger partial charge in [-0.25, -0.2) is 4.79 Å². The number of carbonyl (C=O) groups excluding carboxylic acids is 2. The molecule has 3 N–H and O–H groups in total. The molecule has 2 atom stereocenters. The van der Waals surface area contributed by atoms with Gasteiger partial charge in [0.2, 0.25) is 5.91 Å². The number of hydrogen-bond donors (Lipinski definition) is 3. The number of amides is 3. The van der Waals surface area contributed by atoms with Crippen LogP contribution in [0.3, 0.4) is 0 Å². The molecule has 0 bridgehead atoms. The van der Waals surface area contributed by atoms with Crippen molar-refractivity contribution in [3.63, 3.8) is 0 Å². The quantitative estimate of drug-likeness (QED) is 0.268. The first kappa shape index (κ1) is 27.3. The zero-order valence-corrected chi connectivity index (χ0v) is 22.6. The number of urea groups is 1. The monoisotopic (exact) mass is 543 g/mol. The molecule has 1 heterocycles. The molecule has 10 heteroatoms. The first-order valence-electron chi connectivity index (χ1n) is 12.7. The normalized spacial score (nSPS) is 21.7. The molecule has 2 aromatic carbocycles. The Kier molecular flexibility index (Phi) is 9.71. The van der Waals surface area contributed by atoms with E-state index in [0.717, 1.165) is 57.5 Å². The summed E-state index contributed by atoms with van der Waals surface area (Å²) in [6.45, 7) is 1.93. The van der Waals surface area contributed by atoms with E-state index in [-0.39, 0.29) is 17.9 Å². The van der Waals surface area contributed by atoms with Crippen molar-refractivity contribution in [1.29, 1.82) is 0 Å². The minimum absolute atomic E-state index is 0.00282. The van der Waals surface area contributed by atoms with Crippen LogP contribution in [0, 0.1) is 5.92 Å². The summed E-state index contributed by atoms with van der Waals surface area (Å²) >= 11 is 4.69. The van der Waals surface area contributed by atoms with Crippen LogP contribution in [-0.2, 0) is 16.2 Å². The van der Waals surface area contributed by atoms with Crippen LogP contribution in [-0.4, -0.2) is 52.6 Å². The van der Waals surface area contributed by atoms with E-state index in [4.69, 9.17) is 11.6 Å². The van der Waals surface area contributed by atoms with Gasteiger partial charge in [0, 0.05) is 35.8 Å². The average molecular weight is 544 g/mol. The second-order valence-electron chi connectivity index (χ2n) is 9.57. The average Bonchev–Trinajstić information content (AvgIpc) is 3.43. The van der Waals surface area contributed by atoms with Crippen molar-refractivity contribution in [2.75, 3.05) is 24.7 Å². The van der Waals surface area contributed by atoms with E-state index in [2.05, 4.69) is 25.2 Å². The highest BCUT2D eigenvalue weighted by Gasteiger charge is 2.32. The first-order valence-corrected chi connectivity index (χ1v) is 14.6. The molecule has 4 rings (SSSR count). The molecule has 0 spiro atoms. The van der Waals surface area contributed by atoms with E-state index in [0.29, 0.717) is 16.3 Å². The van der Waals surface area contributed by atoms with Crippen molar-refractivity contribution in [2.45, 2.75) is 50.6 Å². The van der Waals surface area contributed by atoms with Crippen molar-refractivity contribution >= 4 is 46.4 Å². The fourth-order valence-electron chi connectivity index (χ4n) is 5.03. The highest BCUT2D eigenvalue weighted by atomic mass is 35.5. The van der Waals surface area contributed by atoms with Crippen molar-refractivity contribution in [1.82, 2.24) is 15.5 Å². The Morgan fingerprint density at radius 2 is 1.68 bits per heavy atom. The van der Waals surface area contributed by atoms with Crippen molar-refractivity contribution in [3.05, 3.63) is 65.2 Å². The molecule has 0 radical (unpaired) electrons. The zero-order valence-electron chi connectivity index (χ0n) is 21.0. The summed E-state index contributed by atoms with van der Waals surface area (Å²) in [6, 6.07) is 14.7. The lowest BCUT2D eigenvalue weighted by molar-refractivity contribution is -0.124. The zero-order chi connectivity index (χ0) is 26.2. The first-order chi connectivity index (χ1) is 17.9. The maximum Gasteiger partial charge on any atom is 0.320 e. The van der Waals surface area contributed by atoms with Gasteiger partial charge in [-0.3, -0.25) is 4.79 Å². The molecule has 0 aromatic heterocycles. The standard InChI is InChI=1S/C27H34ClN5O3S/c1-37(36)32-25(33-17-5-6-18-33)20-9-13-22(14-10-20)29-26(34)24(19-7-3-2-4-8-19)31-27(35)30-23-15-11-21(28)12-16-23/h2-4,7-8,11-12,15-16,20,22,24H,5-6,9-10,13-14,17-18H2,1H3,(H,29,34)(H2,30,31,35). The van der Waals surface area contributed by atoms with Crippen molar-refractivity contribution in [3.8, 4) is 0 Å². The van der Waals surface area contributed by atoms with E-state index in [1.807, 2.05) is 30.3 Å². The highest BCUT2D eigenvalue weighted by Crippen LogP contribution is 2.29. The lowest BCUT2D eigenvalue weighted by atomic mass is 9.84. The van der Waals surface area contributed by atoms with Crippen molar-refractivity contribution < 1.29 is 14.1 Å². The van der Waals surface area contributed by atoms with Crippen LogP contribution in [0.5, 0.6) is 0 Å². The minimum atomic E-state index is -1.24. The Labute approximate surface area is 226 Å². The molecule has 1 aliphatic heterocycles. The second-order valence-corrected chi connectivity index (χ2v) is 11.0. The number of rotatable bonds is 7. The van der Waals surface area contributed by atoms with E-state index in [1.165, 1.54) is 0 Å². The van der Waals surface area contributed by atoms with Gasteiger partial charge in [-0.2, -0.15) is 0 Å². The fourth-order valence-corrected chi connectivity index (χ4v) is 5.68. The van der Waals surface area contributed by atoms with Gasteiger partial charge in [0.15, 0.2) is 5.84 Å². The summed E-state index contributed by atoms with van der Waals surface area (Å²) in [5.74, 6) is 0.971. The second kappa shape index (κ2) is 13.2. The lowest BCUT2D eigenvalue weighted by Gasteiger charge is -2.33. The summed E-state index contributed by atoms with van der Waals surface area (Å²) in [7, 11) is 0. The van der Waals surface area contributed by atoms with Crippen molar-refractivity contribution in [2.24, 2.45) is 10.3 Å². The topological polar surface area (TPSA) is 109 Å². The van der Waals surface area contributed by atoms with Crippen LogP contribution < -0.4 is 16.0 Å². The van der Waals surface area contributed by atoms with Crippen LogP contribution in [0.4, 0.5) is 10.5 Å². The molecule has 3 amide bonds. The maximum atomic E-state index is 13.4. The van der Waals surface area contributed by atoms with Crippen LogP contribution >= 0.6 is 11.6 Å². The summed E-state index contributed by atoms with van der Waals surface area (Å²) < 4.78 is 16.4. The van der Waals surface area contributed by atoms with E-state index in [9.17, 15) is 14.1 Å². The largest absolute Gasteiger partial charge is 0.591 e. The van der Waals surface area contributed by atoms with Gasteiger partial charge < -0.3 is 25.4 Å². The number of likely N-dealkylation sites (tertiary alicyclic amines) is 1. The third kappa shape index (κ3) is 7.87. The van der Waals surface area contributed by atoms with Crippen LogP contribution in [0.1, 0.15) is 50.1 Å². The molecule has 1 saturated heterocycles.